The van der Waals surface area contributed by atoms with Crippen molar-refractivity contribution in [3.63, 3.8) is 0 Å². The first-order valence-corrected chi connectivity index (χ1v) is 42.1. The molecule has 13 nitrogen and oxygen atoms in total. The molecule has 0 fully saturated rings. The molecule has 87 heavy (non-hydrogen) atoms. The van der Waals surface area contributed by atoms with Crippen LogP contribution in [0.1, 0.15) is 178 Å². The van der Waals surface area contributed by atoms with Crippen LogP contribution in [0.2, 0.25) is 13.3 Å². The van der Waals surface area contributed by atoms with E-state index in [9.17, 15) is 31.1 Å². The third-order valence-electron chi connectivity index (χ3n) is 13.3. The topological polar surface area (TPSA) is 167 Å². The van der Waals surface area contributed by atoms with Crippen molar-refractivity contribution in [2.24, 2.45) is 0 Å². The van der Waals surface area contributed by atoms with E-state index in [4.69, 9.17) is 14.5 Å². The number of benzene rings is 1. The van der Waals surface area contributed by atoms with E-state index in [-0.39, 0.29) is 46.0 Å². The van der Waals surface area contributed by atoms with E-state index in [2.05, 4.69) is 120 Å². The van der Waals surface area contributed by atoms with Gasteiger partial charge in [-0.05, 0) is 51.4 Å². The van der Waals surface area contributed by atoms with E-state index in [1.165, 1.54) is 92.0 Å². The molecule has 9 aromatic rings. The molecule has 470 valence electrons. The zero-order chi connectivity index (χ0) is 63.6. The van der Waals surface area contributed by atoms with E-state index in [1.807, 2.05) is 74.1 Å². The first-order valence-electron chi connectivity index (χ1n) is 28.6. The Morgan fingerprint density at radius 3 is 1.44 bits per heavy atom. The monoisotopic (exact) mass is 1490 g/mol. The van der Waals surface area contributed by atoms with E-state index in [1.54, 1.807) is 27.5 Å². The number of halogens is 7. The van der Waals surface area contributed by atoms with Crippen molar-refractivity contribution < 1.29 is 35.8 Å². The largest absolute Gasteiger partial charge is 0.497 e. The van der Waals surface area contributed by atoms with Gasteiger partial charge in [-0.2, -0.15) is 31.3 Å². The first kappa shape index (κ1) is 71.5. The van der Waals surface area contributed by atoms with Gasteiger partial charge in [-0.15, -0.1) is 56.7 Å². The third-order valence-corrected chi connectivity index (χ3v) is 36.9. The summed E-state index contributed by atoms with van der Waals surface area (Å²) < 4.78 is 95.4. The second kappa shape index (κ2) is 33.5. The van der Waals surface area contributed by atoms with Crippen LogP contribution in [0.25, 0.3) is 43.1 Å². The van der Waals surface area contributed by atoms with Crippen LogP contribution in [-0.2, 0) is 19.0 Å². The Bertz CT molecular complexity index is 3570. The normalized spacial score (nSPS) is 11.9. The second-order valence-electron chi connectivity index (χ2n) is 21.6. The first-order chi connectivity index (χ1) is 41.2. The zero-order valence-electron chi connectivity index (χ0n) is 50.7. The molecule has 0 spiro atoms. The maximum atomic E-state index is 13.0. The summed E-state index contributed by atoms with van der Waals surface area (Å²) in [7, 11) is 1.58. The molecule has 0 unspecified atom stereocenters. The number of ether oxygens (including phenoxy) is 2. The Morgan fingerprint density at radius 1 is 0.540 bits per heavy atom. The van der Waals surface area contributed by atoms with Crippen LogP contribution < -0.4 is 18.1 Å². The average Bonchev–Trinajstić information content (AvgIpc) is 2.20. The van der Waals surface area contributed by atoms with Gasteiger partial charge in [0.2, 0.25) is 5.88 Å². The minimum Gasteiger partial charge on any atom is -0.497 e. The van der Waals surface area contributed by atoms with Gasteiger partial charge in [-0.25, -0.2) is 34.9 Å². The van der Waals surface area contributed by atoms with Gasteiger partial charge in [0.05, 0.1) is 24.2 Å². The number of nitrogens with one attached hydrogen (secondary N) is 1. The molecule has 0 atom stereocenters. The van der Waals surface area contributed by atoms with Gasteiger partial charge >= 0.3 is 154 Å². The summed E-state index contributed by atoms with van der Waals surface area (Å²) in [6.07, 6.45) is -0.742. The fraction of sp³-hybridized carbons (Fsp3) is 0.467. The van der Waals surface area contributed by atoms with Crippen molar-refractivity contribution in [3.05, 3.63) is 123 Å². The van der Waals surface area contributed by atoms with Gasteiger partial charge in [0.1, 0.15) is 33.8 Å². The number of rotatable bonds is 22. The average molecular weight is 1490 g/mol. The number of nitrogens with zero attached hydrogens (tertiary/aromatic N) is 9. The molecule has 9 rings (SSSR count). The zero-order valence-corrected chi connectivity index (χ0v) is 60.0. The van der Waals surface area contributed by atoms with Crippen LogP contribution >= 0.6 is 84.0 Å². The van der Waals surface area contributed by atoms with Crippen LogP contribution in [0.3, 0.4) is 0 Å². The molecule has 27 heteroatoms. The van der Waals surface area contributed by atoms with Gasteiger partial charge < -0.3 is 14.5 Å². The molecule has 0 amide bonds. The predicted octanol–water partition coefficient (Wildman–Crippen LogP) is 20.0. The Hall–Kier alpha value is -4.58. The van der Waals surface area contributed by atoms with Gasteiger partial charge in [0, 0.05) is 39.0 Å². The Morgan fingerprint density at radius 2 is 1.00 bits per heavy atom. The van der Waals surface area contributed by atoms with Crippen molar-refractivity contribution in [1.82, 2.24) is 49.8 Å². The second-order valence-corrected chi connectivity index (χ2v) is 42.0. The molecule has 0 aliphatic rings. The van der Waals surface area contributed by atoms with Crippen LogP contribution in [0.4, 0.5) is 26.3 Å². The van der Waals surface area contributed by atoms with E-state index in [0.29, 0.717) is 33.2 Å². The number of H-pyrrole nitrogens is 1. The summed E-state index contributed by atoms with van der Waals surface area (Å²) in [5, 5.41) is 11.3. The fourth-order valence-corrected chi connectivity index (χ4v) is 32.3. The van der Waals surface area contributed by atoms with Crippen molar-refractivity contribution in [2.75, 3.05) is 7.11 Å². The molecule has 8 heterocycles. The minimum atomic E-state index is -4.54. The molecular formula is C60H73BrF6N10O3S6Sn. The fourth-order valence-electron chi connectivity index (χ4n) is 8.17. The number of alkyl halides is 6. The summed E-state index contributed by atoms with van der Waals surface area (Å²) >= 11 is 9.07. The molecule has 1 N–H and O–H groups in total. The number of methoxy groups -OCH3 is 1. The molecule has 1 aromatic carbocycles. The van der Waals surface area contributed by atoms with Gasteiger partial charge in [-0.3, -0.25) is 4.79 Å². The Labute approximate surface area is 541 Å². The maximum absolute atomic E-state index is 13.0. The number of unbranched alkanes of at least 4 members (excludes halogenated alkanes) is 3. The third kappa shape index (κ3) is 21.3. The number of thiazole rings is 6. The predicted molar refractivity (Wildman–Crippen MR) is 351 cm³/mol. The number of hydrogen-bond acceptors (Lipinski definition) is 18. The van der Waals surface area contributed by atoms with E-state index in [0.717, 1.165) is 60.1 Å². The van der Waals surface area contributed by atoms with Crippen molar-refractivity contribution in [2.45, 2.75) is 171 Å². The summed E-state index contributed by atoms with van der Waals surface area (Å²) in [4.78, 5) is 52.8. The molecule has 0 saturated carbocycles. The quantitative estimate of drug-likeness (QED) is 0.0504. The molecular weight excluding hydrogens is 1410 g/mol. The van der Waals surface area contributed by atoms with Crippen LogP contribution in [0.5, 0.6) is 11.6 Å². The molecule has 8 aromatic heterocycles. The molecule has 0 saturated heterocycles. The summed E-state index contributed by atoms with van der Waals surface area (Å²) in [5.41, 5.74) is 3.49. The van der Waals surface area contributed by atoms with Crippen LogP contribution in [-0.4, -0.2) is 75.3 Å². The van der Waals surface area contributed by atoms with Gasteiger partial charge in [0.15, 0.2) is 37.0 Å². The number of hydrogen-bond donors (Lipinski definition) is 1. The van der Waals surface area contributed by atoms with Crippen LogP contribution in [0.15, 0.2) is 77.4 Å². The Kier molecular flexibility index (Phi) is 27.5. The number of aromatic amines is 1. The summed E-state index contributed by atoms with van der Waals surface area (Å²) in [5.74, 6) is 2.59. The number of aromatic nitrogens is 10. The van der Waals surface area contributed by atoms with Crippen LogP contribution in [0, 0.1) is 0 Å². The van der Waals surface area contributed by atoms with Gasteiger partial charge in [0.25, 0.3) is 5.56 Å². The minimum absolute atomic E-state index is 0.000651. The molecule has 0 aliphatic carbocycles. The molecule has 0 radical (unpaired) electrons. The smallest absolute Gasteiger partial charge is 0.434 e. The summed E-state index contributed by atoms with van der Waals surface area (Å²) in [6.45, 7) is 24.1. The van der Waals surface area contributed by atoms with Crippen molar-refractivity contribution in [1.29, 1.82) is 0 Å². The molecule has 0 aliphatic heterocycles. The van der Waals surface area contributed by atoms with Crippen molar-refractivity contribution >= 4 is 105 Å². The molecule has 0 bridgehead atoms. The van der Waals surface area contributed by atoms with E-state index < -0.39 is 47.7 Å². The standard InChI is InChI=1S/C22H19F3N4O2S2.C14H11F3N4OS2.C6H8BrNS.C6H8NS.3C4H9.Sn/c1-12(2)16-10-32-20(27-16)15-8-18(31-9-13-4-6-14(30-3)7-5-13)29-19(26-15)21-28-17(11-33-21)22(23,24)25;1-6(2)8-4-23-12(19-8)7-3-10(22)21-11(18-7)13-20-9(5-24-13)14(15,16)17;1-4(2)5-3-9-6(7)8-5;1-5(2)6-3-8-4-7-6;3*1-3-4-2;/h4-8,10-12H,9H2,1-3H3;3-6H,1-2H3,(H,18,21,22);3-4H,1-2H3;3,5H,1-2H3;3*1,3-4H2,2H3;. The summed E-state index contributed by atoms with van der Waals surface area (Å²) in [6, 6.07) is 10.2. The van der Waals surface area contributed by atoms with Gasteiger partial charge in [-0.1, -0.05) is 53.7 Å². The SMILES string of the molecule is CC(C)c1csc(-c2cc(=O)[nH]c(-c3nc(C(F)(F)F)cs3)n2)n1.CC(C)c1csc(Br)n1.CCC[CH2][Sn]([CH2]CCC)([CH2]CCC)[c]1nc(C(C)C)cs1.COc1ccc(COc2cc(-c3nc(C(C)C)cs3)nc(-c3nc(C(F)(F)F)cs3)n2)cc1. The maximum Gasteiger partial charge on any atom is 0.434 e. The van der Waals surface area contributed by atoms with Crippen molar-refractivity contribution in [3.8, 4) is 54.7 Å². The Balaban J connectivity index is 0.000000199. The van der Waals surface area contributed by atoms with E-state index >= 15 is 0 Å².